The number of ether oxygens (including phenoxy) is 1. The van der Waals surface area contributed by atoms with E-state index in [0.29, 0.717) is 51.5 Å². The molecular formula is C34H41BrF3N5O4. The van der Waals surface area contributed by atoms with Crippen LogP contribution in [0.25, 0.3) is 0 Å². The first-order chi connectivity index (χ1) is 22.4. The number of nitrogens with two attached hydrogens (primary N) is 1. The standard InChI is InChI=1S/C34H41BrF3N5O4/c35-26-19-22(18-25(30(26)39)34(36,37)38)20-28(31(45)42-14-8-23(9-15-42)41-12-4-1-5-13-41)47-32(46)43-16-10-33(11-17-43)21-29(44)40-27-7-3-2-6-24(27)33/h2-3,6-7,18-19,23,28H,1,4-5,8-17,20-21,39H2,(H,40,44)/t28-/m1/s1. The molecule has 0 radical (unpaired) electrons. The normalized spacial score (nSPS) is 21.2. The number of piperidine rings is 3. The number of carbonyl (C=O) groups excluding carboxylic acids is 3. The molecule has 0 saturated carbocycles. The van der Waals surface area contributed by atoms with E-state index in [-0.39, 0.29) is 22.4 Å². The summed E-state index contributed by atoms with van der Waals surface area (Å²) in [5.41, 5.74) is 5.87. The van der Waals surface area contributed by atoms with Crippen LogP contribution in [0.4, 0.5) is 29.3 Å². The lowest BCUT2D eigenvalue weighted by atomic mass is 9.68. The molecule has 13 heteroatoms. The van der Waals surface area contributed by atoms with E-state index in [9.17, 15) is 27.6 Å². The number of nitrogens with zero attached hydrogens (tertiary/aromatic N) is 3. The molecule has 4 heterocycles. The van der Waals surface area contributed by atoms with Crippen LogP contribution >= 0.6 is 15.9 Å². The Bertz CT molecular complexity index is 1500. The van der Waals surface area contributed by atoms with Crippen molar-refractivity contribution in [2.24, 2.45) is 0 Å². The second-order valence-corrected chi connectivity index (χ2v) is 14.2. The summed E-state index contributed by atoms with van der Waals surface area (Å²) in [5.74, 6) is -0.481. The van der Waals surface area contributed by atoms with Gasteiger partial charge < -0.3 is 30.5 Å². The number of nitrogens with one attached hydrogen (secondary N) is 1. The highest BCUT2D eigenvalue weighted by Gasteiger charge is 2.44. The fourth-order valence-corrected chi connectivity index (χ4v) is 8.28. The molecule has 2 aromatic carbocycles. The van der Waals surface area contributed by atoms with E-state index < -0.39 is 40.9 Å². The van der Waals surface area contributed by atoms with Gasteiger partial charge in [0.1, 0.15) is 0 Å². The Hall–Kier alpha value is -3.32. The van der Waals surface area contributed by atoms with Crippen molar-refractivity contribution in [3.8, 4) is 0 Å². The summed E-state index contributed by atoms with van der Waals surface area (Å²) in [6.07, 6.45) is -0.391. The average Bonchev–Trinajstić information content (AvgIpc) is 3.06. The number of fused-ring (bicyclic) bond motifs is 2. The number of rotatable bonds is 5. The van der Waals surface area contributed by atoms with Gasteiger partial charge in [-0.25, -0.2) is 4.79 Å². The van der Waals surface area contributed by atoms with Gasteiger partial charge in [0.2, 0.25) is 5.91 Å². The van der Waals surface area contributed by atoms with Gasteiger partial charge in [0, 0.05) is 60.6 Å². The molecular weight excluding hydrogens is 679 g/mol. The highest BCUT2D eigenvalue weighted by atomic mass is 79.9. The molecule has 4 aliphatic heterocycles. The van der Waals surface area contributed by atoms with Crippen LogP contribution in [-0.2, 0) is 32.3 Å². The van der Waals surface area contributed by atoms with E-state index in [1.807, 2.05) is 24.3 Å². The predicted molar refractivity (Wildman–Crippen MR) is 175 cm³/mol. The Labute approximate surface area is 281 Å². The number of nitrogen functional groups attached to an aromatic ring is 1. The molecule has 0 aromatic heterocycles. The molecule has 0 unspecified atom stereocenters. The first-order valence-electron chi connectivity index (χ1n) is 16.5. The van der Waals surface area contributed by atoms with Crippen molar-refractivity contribution in [2.75, 3.05) is 50.3 Å². The highest BCUT2D eigenvalue weighted by molar-refractivity contribution is 9.10. The van der Waals surface area contributed by atoms with Crippen LogP contribution in [0.1, 0.15) is 68.1 Å². The van der Waals surface area contributed by atoms with Crippen LogP contribution in [0.5, 0.6) is 0 Å². The van der Waals surface area contributed by atoms with Crippen molar-refractivity contribution < 1.29 is 32.3 Å². The maximum absolute atomic E-state index is 14.0. The zero-order valence-corrected chi connectivity index (χ0v) is 27.9. The molecule has 1 spiro atoms. The van der Waals surface area contributed by atoms with Crippen molar-refractivity contribution in [1.29, 1.82) is 0 Å². The minimum absolute atomic E-state index is 0.0559. The third kappa shape index (κ3) is 7.25. The Balaban J connectivity index is 1.18. The number of hydrogen-bond acceptors (Lipinski definition) is 6. The Kier molecular flexibility index (Phi) is 9.76. The molecule has 47 heavy (non-hydrogen) atoms. The molecule has 3 amide bonds. The molecule has 6 rings (SSSR count). The number of alkyl halides is 3. The van der Waals surface area contributed by atoms with Crippen molar-refractivity contribution in [3.63, 3.8) is 0 Å². The van der Waals surface area contributed by atoms with Gasteiger partial charge in [-0.1, -0.05) is 24.6 Å². The van der Waals surface area contributed by atoms with Gasteiger partial charge in [-0.15, -0.1) is 0 Å². The summed E-state index contributed by atoms with van der Waals surface area (Å²) in [7, 11) is 0. The number of para-hydroxylation sites is 1. The topological polar surface area (TPSA) is 108 Å². The van der Waals surface area contributed by atoms with Crippen LogP contribution in [0.3, 0.4) is 0 Å². The Morgan fingerprint density at radius 1 is 1.00 bits per heavy atom. The highest BCUT2D eigenvalue weighted by Crippen LogP contribution is 2.45. The summed E-state index contributed by atoms with van der Waals surface area (Å²) in [6.45, 7) is 3.71. The van der Waals surface area contributed by atoms with Gasteiger partial charge in [0.15, 0.2) is 6.10 Å². The number of benzene rings is 2. The van der Waals surface area contributed by atoms with Gasteiger partial charge in [-0.2, -0.15) is 13.2 Å². The average molecular weight is 721 g/mol. The van der Waals surface area contributed by atoms with Gasteiger partial charge in [0.25, 0.3) is 5.91 Å². The minimum Gasteiger partial charge on any atom is -0.436 e. The molecule has 0 aliphatic carbocycles. The van der Waals surface area contributed by atoms with E-state index in [4.69, 9.17) is 10.5 Å². The summed E-state index contributed by atoms with van der Waals surface area (Å²) in [6, 6.07) is 10.4. The molecule has 2 aromatic rings. The zero-order valence-electron chi connectivity index (χ0n) is 26.3. The molecule has 3 saturated heterocycles. The summed E-state index contributed by atoms with van der Waals surface area (Å²) < 4.78 is 47.4. The first-order valence-corrected chi connectivity index (χ1v) is 17.3. The van der Waals surface area contributed by atoms with E-state index >= 15 is 0 Å². The van der Waals surface area contributed by atoms with Crippen LogP contribution in [-0.4, -0.2) is 84.0 Å². The number of anilines is 2. The zero-order chi connectivity index (χ0) is 33.3. The van der Waals surface area contributed by atoms with Crippen LogP contribution in [0.2, 0.25) is 0 Å². The summed E-state index contributed by atoms with van der Waals surface area (Å²) in [5, 5.41) is 2.93. The van der Waals surface area contributed by atoms with E-state index in [1.54, 1.807) is 4.90 Å². The molecule has 0 bridgehead atoms. The third-order valence-corrected chi connectivity index (χ3v) is 11.0. The lowest BCUT2D eigenvalue weighted by Crippen LogP contribution is -2.52. The van der Waals surface area contributed by atoms with Crippen molar-refractivity contribution >= 4 is 45.2 Å². The predicted octanol–water partition coefficient (Wildman–Crippen LogP) is 5.95. The largest absolute Gasteiger partial charge is 0.436 e. The molecule has 3 N–H and O–H groups in total. The number of likely N-dealkylation sites (tertiary alicyclic amines) is 3. The Morgan fingerprint density at radius 2 is 1.68 bits per heavy atom. The fraction of sp³-hybridized carbons (Fsp3) is 0.559. The van der Waals surface area contributed by atoms with Gasteiger partial charge in [-0.3, -0.25) is 9.59 Å². The third-order valence-electron chi connectivity index (χ3n) is 10.4. The fourth-order valence-electron chi connectivity index (χ4n) is 7.77. The van der Waals surface area contributed by atoms with Gasteiger partial charge >= 0.3 is 12.3 Å². The molecule has 9 nitrogen and oxygen atoms in total. The smallest absolute Gasteiger partial charge is 0.418 e. The van der Waals surface area contributed by atoms with Crippen LogP contribution < -0.4 is 11.1 Å². The number of halogens is 4. The monoisotopic (exact) mass is 719 g/mol. The van der Waals surface area contributed by atoms with Gasteiger partial charge in [-0.05, 0) is 96.9 Å². The van der Waals surface area contributed by atoms with Crippen molar-refractivity contribution in [2.45, 2.75) is 81.5 Å². The number of amides is 3. The summed E-state index contributed by atoms with van der Waals surface area (Å²) in [4.78, 5) is 45.8. The van der Waals surface area contributed by atoms with E-state index in [1.165, 1.54) is 30.2 Å². The van der Waals surface area contributed by atoms with Crippen molar-refractivity contribution in [1.82, 2.24) is 14.7 Å². The van der Waals surface area contributed by atoms with Gasteiger partial charge in [0.05, 0.1) is 11.3 Å². The molecule has 254 valence electrons. The maximum atomic E-state index is 14.0. The first kappa shape index (κ1) is 33.6. The Morgan fingerprint density at radius 3 is 2.36 bits per heavy atom. The van der Waals surface area contributed by atoms with E-state index in [0.717, 1.165) is 43.2 Å². The van der Waals surface area contributed by atoms with Crippen LogP contribution in [0, 0.1) is 0 Å². The minimum atomic E-state index is -4.70. The number of hydrogen-bond donors (Lipinski definition) is 2. The second-order valence-electron chi connectivity index (χ2n) is 13.3. The van der Waals surface area contributed by atoms with Crippen LogP contribution in [0.15, 0.2) is 40.9 Å². The van der Waals surface area contributed by atoms with Crippen molar-refractivity contribution in [3.05, 3.63) is 57.6 Å². The SMILES string of the molecule is Nc1c(Br)cc(C[C@@H](OC(=O)N2CCC3(CC2)CC(=O)Nc2ccccc23)C(=O)N2CCC(N3CCCCC3)CC2)cc1C(F)(F)F. The summed E-state index contributed by atoms with van der Waals surface area (Å²) >= 11 is 3.13. The molecule has 4 aliphatic rings. The molecule has 1 atom stereocenters. The lowest BCUT2D eigenvalue weighted by Gasteiger charge is -2.44. The number of carbonyl (C=O) groups is 3. The second kappa shape index (κ2) is 13.7. The van der Waals surface area contributed by atoms with E-state index in [2.05, 4.69) is 26.1 Å². The molecule has 3 fully saturated rings. The maximum Gasteiger partial charge on any atom is 0.418 e. The quantitative estimate of drug-likeness (QED) is 0.370. The lowest BCUT2D eigenvalue weighted by molar-refractivity contribution is -0.142.